The smallest absolute Gasteiger partial charge is 0.224 e. The van der Waals surface area contributed by atoms with E-state index in [0.29, 0.717) is 6.42 Å². The van der Waals surface area contributed by atoms with Gasteiger partial charge in [-0.25, -0.2) is 0 Å². The average molecular weight is 232 g/mol. The lowest BCUT2D eigenvalue weighted by molar-refractivity contribution is -0.132. The normalized spacial score (nSPS) is 17.8. The number of nitrogens with zero attached hydrogens (tertiary/aromatic N) is 1. The molecule has 3 heteroatoms. The molecule has 1 atom stereocenters. The highest BCUT2D eigenvalue weighted by molar-refractivity contribution is 5.77. The zero-order valence-electron chi connectivity index (χ0n) is 10.1. The predicted octanol–water partition coefficient (Wildman–Crippen LogP) is 2.09. The molecule has 1 aromatic carbocycles. The lowest BCUT2D eigenvalue weighted by Gasteiger charge is -2.27. The number of piperidine rings is 1. The molecule has 0 spiro atoms. The third kappa shape index (κ3) is 3.30. The Morgan fingerprint density at radius 3 is 2.47 bits per heavy atom. The van der Waals surface area contributed by atoms with E-state index in [9.17, 15) is 4.79 Å². The van der Waals surface area contributed by atoms with Crippen LogP contribution in [0.2, 0.25) is 0 Å². The minimum atomic E-state index is -0.175. The Balaban J connectivity index is 1.89. The Bertz CT molecular complexity index is 358. The molecule has 2 rings (SSSR count). The average Bonchev–Trinajstić information content (AvgIpc) is 2.40. The van der Waals surface area contributed by atoms with Gasteiger partial charge in [0, 0.05) is 25.6 Å². The van der Waals surface area contributed by atoms with Gasteiger partial charge in [-0.2, -0.15) is 0 Å². The summed E-state index contributed by atoms with van der Waals surface area (Å²) in [7, 11) is 0. The number of hydrogen-bond acceptors (Lipinski definition) is 2. The van der Waals surface area contributed by atoms with E-state index in [2.05, 4.69) is 0 Å². The van der Waals surface area contributed by atoms with Gasteiger partial charge >= 0.3 is 0 Å². The molecule has 0 aliphatic carbocycles. The topological polar surface area (TPSA) is 46.3 Å². The molecule has 0 bridgehead atoms. The molecule has 0 saturated carbocycles. The predicted molar refractivity (Wildman–Crippen MR) is 68.4 cm³/mol. The van der Waals surface area contributed by atoms with Gasteiger partial charge in [0.25, 0.3) is 0 Å². The van der Waals surface area contributed by atoms with Gasteiger partial charge in [0.1, 0.15) is 0 Å². The van der Waals surface area contributed by atoms with E-state index >= 15 is 0 Å². The molecular formula is C14H20N2O. The van der Waals surface area contributed by atoms with E-state index in [-0.39, 0.29) is 11.9 Å². The van der Waals surface area contributed by atoms with E-state index in [1.807, 2.05) is 35.2 Å². The summed E-state index contributed by atoms with van der Waals surface area (Å²) in [4.78, 5) is 14.0. The largest absolute Gasteiger partial charge is 0.343 e. The minimum absolute atomic E-state index is 0.175. The Morgan fingerprint density at radius 2 is 1.82 bits per heavy atom. The molecule has 1 saturated heterocycles. The van der Waals surface area contributed by atoms with Crippen LogP contribution in [0.1, 0.15) is 37.3 Å². The molecule has 17 heavy (non-hydrogen) atoms. The standard InChI is InChI=1S/C14H20N2O/c15-13(12-7-3-1-4-8-12)11-14(17)16-9-5-2-6-10-16/h1,3-4,7-8,13H,2,5-6,9-11,15H2/t13-/m0/s1. The number of likely N-dealkylation sites (tertiary alicyclic amines) is 1. The van der Waals surface area contributed by atoms with Gasteiger partial charge in [-0.15, -0.1) is 0 Å². The Hall–Kier alpha value is -1.35. The first-order chi connectivity index (χ1) is 8.27. The van der Waals surface area contributed by atoms with Crippen LogP contribution in [0.5, 0.6) is 0 Å². The van der Waals surface area contributed by atoms with Crippen molar-refractivity contribution in [2.45, 2.75) is 31.7 Å². The summed E-state index contributed by atoms with van der Waals surface area (Å²) in [5.41, 5.74) is 7.09. The van der Waals surface area contributed by atoms with Crippen molar-refractivity contribution in [2.75, 3.05) is 13.1 Å². The number of rotatable bonds is 3. The number of amides is 1. The summed E-state index contributed by atoms with van der Waals surface area (Å²) < 4.78 is 0. The summed E-state index contributed by atoms with van der Waals surface area (Å²) in [6.45, 7) is 1.81. The van der Waals surface area contributed by atoms with Crippen molar-refractivity contribution >= 4 is 5.91 Å². The number of carbonyl (C=O) groups is 1. The maximum atomic E-state index is 12.0. The van der Waals surface area contributed by atoms with Gasteiger partial charge in [-0.1, -0.05) is 30.3 Å². The zero-order valence-corrected chi connectivity index (χ0v) is 10.1. The van der Waals surface area contributed by atoms with Crippen LogP contribution in [0.3, 0.4) is 0 Å². The van der Waals surface area contributed by atoms with E-state index in [0.717, 1.165) is 31.5 Å². The van der Waals surface area contributed by atoms with E-state index in [4.69, 9.17) is 5.73 Å². The van der Waals surface area contributed by atoms with Crippen molar-refractivity contribution in [2.24, 2.45) is 5.73 Å². The first-order valence-electron chi connectivity index (χ1n) is 6.35. The number of nitrogens with two attached hydrogens (primary N) is 1. The first-order valence-corrected chi connectivity index (χ1v) is 6.35. The molecule has 1 heterocycles. The summed E-state index contributed by atoms with van der Waals surface area (Å²) in [5, 5.41) is 0. The Morgan fingerprint density at radius 1 is 1.18 bits per heavy atom. The molecule has 1 aliphatic rings. The van der Waals surface area contributed by atoms with Crippen LogP contribution in [0.15, 0.2) is 30.3 Å². The second-order valence-corrected chi connectivity index (χ2v) is 4.66. The highest BCUT2D eigenvalue weighted by Crippen LogP contribution is 2.17. The molecule has 1 fully saturated rings. The second kappa shape index (κ2) is 5.82. The van der Waals surface area contributed by atoms with Gasteiger partial charge < -0.3 is 10.6 Å². The molecule has 3 nitrogen and oxygen atoms in total. The van der Waals surface area contributed by atoms with Crippen molar-refractivity contribution in [3.05, 3.63) is 35.9 Å². The molecular weight excluding hydrogens is 212 g/mol. The van der Waals surface area contributed by atoms with Gasteiger partial charge in [0.2, 0.25) is 5.91 Å². The lowest BCUT2D eigenvalue weighted by Crippen LogP contribution is -2.37. The number of carbonyl (C=O) groups excluding carboxylic acids is 1. The molecule has 0 radical (unpaired) electrons. The fraction of sp³-hybridized carbons (Fsp3) is 0.500. The van der Waals surface area contributed by atoms with Crippen molar-refractivity contribution in [1.29, 1.82) is 0 Å². The Labute approximate surface area is 103 Å². The maximum absolute atomic E-state index is 12.0. The van der Waals surface area contributed by atoms with Crippen molar-refractivity contribution in [3.63, 3.8) is 0 Å². The number of hydrogen-bond donors (Lipinski definition) is 1. The van der Waals surface area contributed by atoms with Crippen LogP contribution in [-0.4, -0.2) is 23.9 Å². The third-order valence-electron chi connectivity index (χ3n) is 3.33. The third-order valence-corrected chi connectivity index (χ3v) is 3.33. The highest BCUT2D eigenvalue weighted by atomic mass is 16.2. The molecule has 2 N–H and O–H groups in total. The lowest BCUT2D eigenvalue weighted by atomic mass is 10.0. The van der Waals surface area contributed by atoms with E-state index in [1.165, 1.54) is 6.42 Å². The van der Waals surface area contributed by atoms with Crippen LogP contribution in [0, 0.1) is 0 Å². The fourth-order valence-electron chi connectivity index (χ4n) is 2.28. The van der Waals surface area contributed by atoms with Crippen LogP contribution < -0.4 is 5.73 Å². The van der Waals surface area contributed by atoms with Crippen molar-refractivity contribution < 1.29 is 4.79 Å². The van der Waals surface area contributed by atoms with Gasteiger partial charge in [0.15, 0.2) is 0 Å². The summed E-state index contributed by atoms with van der Waals surface area (Å²) >= 11 is 0. The van der Waals surface area contributed by atoms with Crippen LogP contribution in [0.25, 0.3) is 0 Å². The zero-order chi connectivity index (χ0) is 12.1. The molecule has 1 amide bonds. The monoisotopic (exact) mass is 232 g/mol. The van der Waals surface area contributed by atoms with Gasteiger partial charge in [-0.05, 0) is 24.8 Å². The minimum Gasteiger partial charge on any atom is -0.343 e. The summed E-state index contributed by atoms with van der Waals surface area (Å²) in [5.74, 6) is 0.195. The molecule has 0 aromatic heterocycles. The summed E-state index contributed by atoms with van der Waals surface area (Å²) in [6.07, 6.45) is 3.93. The molecule has 92 valence electrons. The van der Waals surface area contributed by atoms with E-state index in [1.54, 1.807) is 0 Å². The van der Waals surface area contributed by atoms with Crippen LogP contribution >= 0.6 is 0 Å². The molecule has 1 aliphatic heterocycles. The maximum Gasteiger partial charge on any atom is 0.224 e. The van der Waals surface area contributed by atoms with Gasteiger partial charge in [-0.3, -0.25) is 4.79 Å². The Kier molecular flexibility index (Phi) is 4.15. The second-order valence-electron chi connectivity index (χ2n) is 4.66. The molecule has 1 aromatic rings. The summed E-state index contributed by atoms with van der Waals surface area (Å²) in [6, 6.07) is 9.66. The first kappa shape index (κ1) is 12.1. The fourth-order valence-corrected chi connectivity index (χ4v) is 2.28. The highest BCUT2D eigenvalue weighted by Gasteiger charge is 2.19. The van der Waals surface area contributed by atoms with Crippen LogP contribution in [0.4, 0.5) is 0 Å². The van der Waals surface area contributed by atoms with Crippen molar-refractivity contribution in [1.82, 2.24) is 4.90 Å². The van der Waals surface area contributed by atoms with Crippen LogP contribution in [-0.2, 0) is 4.79 Å². The number of benzene rings is 1. The quantitative estimate of drug-likeness (QED) is 0.867. The SMILES string of the molecule is N[C@@H](CC(=O)N1CCCCC1)c1ccccc1. The van der Waals surface area contributed by atoms with E-state index < -0.39 is 0 Å². The van der Waals surface area contributed by atoms with Crippen molar-refractivity contribution in [3.8, 4) is 0 Å². The molecule has 0 unspecified atom stereocenters. The van der Waals surface area contributed by atoms with Gasteiger partial charge in [0.05, 0.1) is 0 Å².